The predicted octanol–water partition coefficient (Wildman–Crippen LogP) is -6.44. The van der Waals surface area contributed by atoms with Crippen molar-refractivity contribution in [3.05, 3.63) is 0 Å². The first-order valence-electron chi connectivity index (χ1n) is 30.4. The van der Waals surface area contributed by atoms with Crippen LogP contribution in [0, 0.1) is 0 Å². The first-order chi connectivity index (χ1) is 42.9. The van der Waals surface area contributed by atoms with Gasteiger partial charge in [-0.25, -0.2) is 10.9 Å². The number of carbonyl (C=O) groups is 9. The number of hydrogen-bond donors (Lipinski definition) is 18. The molecule has 0 aliphatic carbocycles. The summed E-state index contributed by atoms with van der Waals surface area (Å²) in [5.41, 5.74) is 19.6. The van der Waals surface area contributed by atoms with Crippen molar-refractivity contribution in [1.82, 2.24) is 54.0 Å². The maximum Gasteiger partial charge on any atom is 0.270 e. The molecule has 0 aromatic carbocycles. The molecular weight excluding hydrogens is 1200 g/mol. The average molecular weight is 1300 g/mol. The zero-order valence-electron chi connectivity index (χ0n) is 52.1. The van der Waals surface area contributed by atoms with Crippen LogP contribution < -0.4 is 54.0 Å². The molecule has 0 saturated carbocycles. The second-order valence-corrected chi connectivity index (χ2v) is 22.1. The van der Waals surface area contributed by atoms with Gasteiger partial charge in [-0.15, -0.1) is 0 Å². The van der Waals surface area contributed by atoms with Gasteiger partial charge in [0.2, 0.25) is 35.4 Å². The van der Waals surface area contributed by atoms with E-state index in [2.05, 4.69) is 61.0 Å². The predicted molar refractivity (Wildman–Crippen MR) is 309 cm³/mol. The maximum absolute atomic E-state index is 13.0. The molecular formula is C55H98N10O25. The summed E-state index contributed by atoms with van der Waals surface area (Å²) in [6, 6.07) is -1.90. The van der Waals surface area contributed by atoms with E-state index in [-0.39, 0.29) is 37.5 Å². The van der Waals surface area contributed by atoms with E-state index in [4.69, 9.17) is 37.9 Å². The van der Waals surface area contributed by atoms with Crippen molar-refractivity contribution in [3.63, 3.8) is 0 Å². The molecule has 10 unspecified atom stereocenters. The average Bonchev–Trinajstić information content (AvgIpc) is 0.859. The van der Waals surface area contributed by atoms with Crippen molar-refractivity contribution in [2.45, 2.75) is 253 Å². The minimum absolute atomic E-state index is 0.0146. The summed E-state index contributed by atoms with van der Waals surface area (Å²) in [5, 5.41) is 88.8. The van der Waals surface area contributed by atoms with Crippen LogP contribution in [0.1, 0.15) is 131 Å². The van der Waals surface area contributed by atoms with Crippen LogP contribution in [0.3, 0.4) is 0 Å². The van der Waals surface area contributed by atoms with E-state index in [0.717, 1.165) is 44.8 Å². The Balaban J connectivity index is 0.000000470. The fourth-order valence-electron chi connectivity index (χ4n) is 10.1. The molecule has 0 aromatic rings. The molecule has 18 N–H and O–H groups in total. The molecule has 518 valence electrons. The maximum atomic E-state index is 13.0. The van der Waals surface area contributed by atoms with Gasteiger partial charge in [0.05, 0.1) is 37.5 Å². The lowest BCUT2D eigenvalue weighted by Crippen LogP contribution is -2.68. The lowest BCUT2D eigenvalue weighted by molar-refractivity contribution is -0.325. The number of hydrazine groups is 4. The normalized spacial score (nSPS) is 31.5. The molecule has 4 heterocycles. The third-order valence-corrected chi connectivity index (χ3v) is 15.0. The van der Waals surface area contributed by atoms with Crippen LogP contribution in [0.15, 0.2) is 0 Å². The van der Waals surface area contributed by atoms with Crippen LogP contribution in [-0.2, 0) is 81.0 Å². The van der Waals surface area contributed by atoms with Crippen LogP contribution in [0.5, 0.6) is 0 Å². The molecule has 4 aliphatic heterocycles. The molecule has 0 radical (unpaired) electrons. The fraction of sp³-hybridized carbons (Fsp3) is 0.836. The minimum atomic E-state index is -1.76. The second-order valence-electron chi connectivity index (χ2n) is 22.1. The van der Waals surface area contributed by atoms with Crippen molar-refractivity contribution in [3.8, 4) is 0 Å². The lowest BCUT2D eigenvalue weighted by atomic mass is 9.92. The molecule has 0 spiro atoms. The van der Waals surface area contributed by atoms with Crippen molar-refractivity contribution in [2.75, 3.05) is 40.5 Å². The highest BCUT2D eigenvalue weighted by Gasteiger charge is 2.54. The molecule has 8 amide bonds. The molecule has 0 aromatic heterocycles. The zero-order valence-corrected chi connectivity index (χ0v) is 52.1. The van der Waals surface area contributed by atoms with Gasteiger partial charge in [0.25, 0.3) is 11.8 Å². The van der Waals surface area contributed by atoms with Gasteiger partial charge in [-0.1, -0.05) is 26.2 Å². The van der Waals surface area contributed by atoms with Crippen LogP contribution in [0.25, 0.3) is 0 Å². The number of carbonyl (C=O) groups excluding carboxylic acids is 9. The van der Waals surface area contributed by atoms with Gasteiger partial charge in [0, 0.05) is 73.3 Å². The Morgan fingerprint density at radius 1 is 0.456 bits per heavy atom. The molecule has 4 rings (SSSR count). The topological polar surface area (TPSA) is 510 Å². The second kappa shape index (κ2) is 42.0. The van der Waals surface area contributed by atoms with Gasteiger partial charge in [0.1, 0.15) is 79.5 Å². The molecule has 35 nitrogen and oxygen atoms in total. The highest BCUT2D eigenvalue weighted by atomic mass is 16.7. The van der Waals surface area contributed by atoms with E-state index in [0.29, 0.717) is 45.2 Å². The van der Waals surface area contributed by atoms with Crippen LogP contribution in [-0.4, -0.2) is 257 Å². The Labute approximate surface area is 522 Å². The summed E-state index contributed by atoms with van der Waals surface area (Å²) in [6.07, 6.45) is -16.5. The Bertz CT molecular complexity index is 2220. The lowest BCUT2D eigenvalue weighted by Gasteiger charge is -2.47. The molecule has 20 atom stereocenters. The number of ether oxygens (including phenoxy) is 8. The van der Waals surface area contributed by atoms with E-state index in [1.165, 1.54) is 28.1 Å². The van der Waals surface area contributed by atoms with Gasteiger partial charge in [-0.3, -0.25) is 70.9 Å². The number of aliphatic hydroxyl groups excluding tert-OH is 8. The number of hydrogen-bond acceptors (Lipinski definition) is 27. The van der Waals surface area contributed by atoms with Gasteiger partial charge < -0.3 is 94.2 Å². The number of rotatable bonds is 34. The number of aliphatic hydroxyl groups is 8. The van der Waals surface area contributed by atoms with Gasteiger partial charge >= 0.3 is 0 Å². The molecule has 4 saturated heterocycles. The summed E-state index contributed by atoms with van der Waals surface area (Å²) in [5.74, 6) is -4.36. The van der Waals surface area contributed by atoms with E-state index >= 15 is 0 Å². The summed E-state index contributed by atoms with van der Waals surface area (Å²) in [6.45, 7) is 7.81. The third-order valence-electron chi connectivity index (χ3n) is 15.0. The smallest absolute Gasteiger partial charge is 0.270 e. The Kier molecular flexibility index (Phi) is 36.9. The number of nitrogens with one attached hydrogen (secondary N) is 10. The number of aldehydes is 1. The number of unbranched alkanes of at least 4 members (excludes halogenated alkanes) is 7. The number of amides is 8. The van der Waals surface area contributed by atoms with E-state index in [1.807, 2.05) is 0 Å². The van der Waals surface area contributed by atoms with Crippen LogP contribution in [0.2, 0.25) is 0 Å². The van der Waals surface area contributed by atoms with Gasteiger partial charge in [-0.05, 0) is 58.8 Å². The monoisotopic (exact) mass is 1300 g/mol. The van der Waals surface area contributed by atoms with Gasteiger partial charge in [-0.2, -0.15) is 0 Å². The molecule has 4 fully saturated rings. The quantitative estimate of drug-likeness (QED) is 0.0162. The highest BCUT2D eigenvalue weighted by molar-refractivity contribution is 5.86. The van der Waals surface area contributed by atoms with E-state index in [1.54, 1.807) is 13.8 Å². The molecule has 90 heavy (non-hydrogen) atoms. The van der Waals surface area contributed by atoms with Crippen LogP contribution >= 0.6 is 0 Å². The fourth-order valence-corrected chi connectivity index (χ4v) is 10.1. The molecule has 4 aliphatic rings. The first-order valence-corrected chi connectivity index (χ1v) is 30.4. The van der Waals surface area contributed by atoms with E-state index < -0.39 is 171 Å². The van der Waals surface area contributed by atoms with Crippen molar-refractivity contribution >= 4 is 53.5 Å². The molecule has 35 heteroatoms. The zero-order chi connectivity index (χ0) is 67.0. The summed E-state index contributed by atoms with van der Waals surface area (Å²) >= 11 is 0. The SMILES string of the molecule is CCCCCCNNC(=O)CCCCC(=O)NNC(=O)C1O[C@@H](O[C@H]2C(O)C(CO)O[C@@H](C)C2NC(C)=O)C(O)[C@@H](O)[C@@H]1OC.CO[C@@H]1C(C(=O)NNC(=O)CCCCC(=O)NNCCCCC=O)O[C@@H](O[C@H]2C(O)C(CO)O[C@@H](C)C2NC(C)=O)C(O)[C@H]1O. The third kappa shape index (κ3) is 25.7. The minimum Gasteiger partial charge on any atom is -0.394 e. The highest BCUT2D eigenvalue weighted by Crippen LogP contribution is 2.32. The largest absolute Gasteiger partial charge is 0.394 e. The summed E-state index contributed by atoms with van der Waals surface area (Å²) in [4.78, 5) is 108. The Morgan fingerprint density at radius 2 is 0.822 bits per heavy atom. The van der Waals surface area contributed by atoms with Crippen LogP contribution in [0.4, 0.5) is 0 Å². The summed E-state index contributed by atoms with van der Waals surface area (Å²) in [7, 11) is 2.36. The van der Waals surface area contributed by atoms with Crippen molar-refractivity contribution in [1.29, 1.82) is 0 Å². The van der Waals surface area contributed by atoms with Crippen molar-refractivity contribution < 1.29 is 122 Å². The number of methoxy groups -OCH3 is 2. The Morgan fingerprint density at radius 3 is 1.16 bits per heavy atom. The Hall–Kier alpha value is -5.29. The molecule has 0 bridgehead atoms. The first kappa shape index (κ1) is 78.9. The summed E-state index contributed by atoms with van der Waals surface area (Å²) < 4.78 is 44.4. The van der Waals surface area contributed by atoms with E-state index in [9.17, 15) is 84.0 Å². The van der Waals surface area contributed by atoms with Gasteiger partial charge in [0.15, 0.2) is 24.8 Å². The van der Waals surface area contributed by atoms with Crippen molar-refractivity contribution in [2.24, 2.45) is 0 Å². The standard InChI is InChI=1S/C28H51N5O12.C27H47N5O13/c1-5-6-7-10-13-29-31-18(36)11-8-9-12-19(37)32-33-27(41)26-25(42-4)22(39)23(40)28(45-26)44-24-20(30-16(3)35)15(2)43-17(14-34)21(24)38;1-14-19(29-15(2)35)23(20(38)16(13-34)43-14)44-27-22(40)21(39)24(42-3)25(45-27)26(41)32-31-18(37)10-6-5-9-17(36)30-28-11-7-4-8-12-33/h15,17,20-26,28-29,34,38-40H,5-14H2,1-4H3,(H,30,35)(H,31,36)(H,32,37)(H,33,41);12,14,16,19-25,27-28,34,38-40H,4-11,13H2,1-3H3,(H,29,35)(H,30,36)(H,31,37)(H,32,41)/t15-,17?,20?,21?,22+,23?,24+,25-,26?,28+;14-,16?,19?,20?,21+,22?,23+,24-,25?,27+/m00/s1.